The topological polar surface area (TPSA) is 27.3 Å². The molecule has 0 spiro atoms. The molecule has 0 amide bonds. The summed E-state index contributed by atoms with van der Waals surface area (Å²) in [5.41, 5.74) is 0. The molecule has 0 heterocycles. The van der Waals surface area contributed by atoms with Crippen LogP contribution in [0.2, 0.25) is 0 Å². The van der Waals surface area contributed by atoms with Crippen LogP contribution in [0.5, 0.6) is 0 Å². The molecule has 0 saturated carbocycles. The average Bonchev–Trinajstić information content (AvgIpc) is 3.05. The van der Waals surface area contributed by atoms with Gasteiger partial charge in [-0.05, 0) is 45.1 Å². The molecule has 45 heavy (non-hydrogen) atoms. The van der Waals surface area contributed by atoms with Crippen LogP contribution in [-0.4, -0.2) is 43.2 Å². The second-order valence-corrected chi connectivity index (χ2v) is 14.7. The van der Waals surface area contributed by atoms with Gasteiger partial charge in [0.2, 0.25) is 0 Å². The van der Waals surface area contributed by atoms with Crippen molar-refractivity contribution in [2.75, 3.05) is 33.2 Å². The zero-order valence-electron chi connectivity index (χ0n) is 31.5. The van der Waals surface area contributed by atoms with E-state index >= 15 is 0 Å². The largest absolute Gasteiger partial charge is 0.363 e. The van der Waals surface area contributed by atoms with E-state index in [1.807, 2.05) is 7.05 Å². The van der Waals surface area contributed by atoms with Crippen LogP contribution in [0.15, 0.2) is 0 Å². The van der Waals surface area contributed by atoms with Gasteiger partial charge in [-0.25, -0.2) is 0 Å². The van der Waals surface area contributed by atoms with Gasteiger partial charge < -0.3 is 15.5 Å². The van der Waals surface area contributed by atoms with Gasteiger partial charge in [0.05, 0.1) is 0 Å². The van der Waals surface area contributed by atoms with Crippen molar-refractivity contribution in [1.82, 2.24) is 15.5 Å². The standard InChI is InChI=1S/C41H85N3S/c1-4-6-8-10-12-14-16-18-20-22-24-26-28-30-32-34-39-44(41(45)43-38-36-37-42-3)40-35-33-31-29-27-25-23-21-19-17-15-13-11-9-7-5-2/h42H,4-40H2,1-3H3,(H,43,45). The Bertz CT molecular complexity index is 519. The molecular formula is C41H85N3S. The van der Waals surface area contributed by atoms with Crippen molar-refractivity contribution in [2.24, 2.45) is 0 Å². The van der Waals surface area contributed by atoms with Crippen molar-refractivity contribution in [3.8, 4) is 0 Å². The zero-order valence-corrected chi connectivity index (χ0v) is 32.3. The van der Waals surface area contributed by atoms with Crippen LogP contribution in [0.4, 0.5) is 0 Å². The molecular weight excluding hydrogens is 567 g/mol. The second kappa shape index (κ2) is 39.8. The van der Waals surface area contributed by atoms with E-state index in [0.717, 1.165) is 37.7 Å². The second-order valence-electron chi connectivity index (χ2n) is 14.3. The van der Waals surface area contributed by atoms with Gasteiger partial charge in [-0.15, -0.1) is 0 Å². The lowest BCUT2D eigenvalue weighted by molar-refractivity contribution is 0.378. The molecule has 2 N–H and O–H groups in total. The van der Waals surface area contributed by atoms with E-state index < -0.39 is 0 Å². The Hall–Kier alpha value is -0.350. The minimum atomic E-state index is 0.980. The van der Waals surface area contributed by atoms with Crippen molar-refractivity contribution in [1.29, 1.82) is 0 Å². The fourth-order valence-corrected chi connectivity index (χ4v) is 6.87. The Kier molecular flexibility index (Phi) is 39.5. The summed E-state index contributed by atoms with van der Waals surface area (Å²) < 4.78 is 0. The van der Waals surface area contributed by atoms with Crippen molar-refractivity contribution in [2.45, 2.75) is 226 Å². The Morgan fingerprint density at radius 2 is 0.644 bits per heavy atom. The van der Waals surface area contributed by atoms with Gasteiger partial charge in [-0.3, -0.25) is 0 Å². The highest BCUT2D eigenvalue weighted by Crippen LogP contribution is 2.16. The summed E-state index contributed by atoms with van der Waals surface area (Å²) in [6.07, 6.45) is 46.8. The average molecular weight is 652 g/mol. The SMILES string of the molecule is CCCCCCCCCCCCCCCCCCN(CCCCCCCCCCCCCCCCCC)C(=S)NCCCNC. The lowest BCUT2D eigenvalue weighted by Crippen LogP contribution is -2.41. The van der Waals surface area contributed by atoms with Gasteiger partial charge in [0.1, 0.15) is 0 Å². The lowest BCUT2D eigenvalue weighted by Gasteiger charge is -2.26. The summed E-state index contributed by atoms with van der Waals surface area (Å²) in [6.45, 7) is 8.91. The third kappa shape index (κ3) is 36.3. The molecule has 3 nitrogen and oxygen atoms in total. The van der Waals surface area contributed by atoms with Gasteiger partial charge in [0.25, 0.3) is 0 Å². The van der Waals surface area contributed by atoms with E-state index in [4.69, 9.17) is 12.2 Å². The molecule has 0 rings (SSSR count). The Labute approximate surface area is 291 Å². The molecule has 0 aromatic carbocycles. The fourth-order valence-electron chi connectivity index (χ4n) is 6.59. The van der Waals surface area contributed by atoms with Gasteiger partial charge in [-0.2, -0.15) is 0 Å². The Morgan fingerprint density at radius 3 is 0.911 bits per heavy atom. The van der Waals surface area contributed by atoms with Crippen LogP contribution in [0.1, 0.15) is 226 Å². The van der Waals surface area contributed by atoms with Crippen LogP contribution >= 0.6 is 12.2 Å². The maximum absolute atomic E-state index is 5.84. The van der Waals surface area contributed by atoms with Crippen LogP contribution in [-0.2, 0) is 0 Å². The molecule has 0 aromatic rings. The van der Waals surface area contributed by atoms with Gasteiger partial charge in [0, 0.05) is 19.6 Å². The molecule has 0 aliphatic rings. The molecule has 0 fully saturated rings. The number of rotatable bonds is 38. The van der Waals surface area contributed by atoms with Crippen molar-refractivity contribution >= 4 is 17.3 Å². The summed E-state index contributed by atoms with van der Waals surface area (Å²) in [7, 11) is 2.03. The number of thiocarbonyl (C=S) groups is 1. The minimum Gasteiger partial charge on any atom is -0.363 e. The molecule has 0 unspecified atom stereocenters. The minimum absolute atomic E-state index is 0.980. The summed E-state index contributed by atoms with van der Waals surface area (Å²) in [4.78, 5) is 2.49. The number of hydrogen-bond donors (Lipinski definition) is 2. The van der Waals surface area contributed by atoms with E-state index in [1.54, 1.807) is 0 Å². The molecule has 4 heteroatoms. The highest BCUT2D eigenvalue weighted by atomic mass is 32.1. The third-order valence-corrected chi connectivity index (χ3v) is 10.1. The van der Waals surface area contributed by atoms with Crippen LogP contribution in [0.25, 0.3) is 0 Å². The third-order valence-electron chi connectivity index (χ3n) is 9.73. The van der Waals surface area contributed by atoms with E-state index in [9.17, 15) is 0 Å². The first-order valence-electron chi connectivity index (χ1n) is 20.9. The summed E-state index contributed by atoms with van der Waals surface area (Å²) in [6, 6.07) is 0. The maximum atomic E-state index is 5.84. The van der Waals surface area contributed by atoms with E-state index in [2.05, 4.69) is 29.4 Å². The number of hydrogen-bond acceptors (Lipinski definition) is 2. The van der Waals surface area contributed by atoms with Gasteiger partial charge in [-0.1, -0.05) is 206 Å². The molecule has 0 radical (unpaired) electrons. The van der Waals surface area contributed by atoms with Crippen molar-refractivity contribution in [3.63, 3.8) is 0 Å². The van der Waals surface area contributed by atoms with Gasteiger partial charge >= 0.3 is 0 Å². The first-order chi connectivity index (χ1) is 22.3. The first-order valence-corrected chi connectivity index (χ1v) is 21.3. The van der Waals surface area contributed by atoms with Gasteiger partial charge in [0.15, 0.2) is 5.11 Å². The maximum Gasteiger partial charge on any atom is 0.168 e. The molecule has 0 aliphatic carbocycles. The number of nitrogens with zero attached hydrogens (tertiary/aromatic N) is 1. The quantitative estimate of drug-likeness (QED) is 0.0513. The Morgan fingerprint density at radius 1 is 0.378 bits per heavy atom. The van der Waals surface area contributed by atoms with E-state index in [-0.39, 0.29) is 0 Å². The first kappa shape index (κ1) is 44.6. The summed E-state index contributed by atoms with van der Waals surface area (Å²) >= 11 is 5.84. The molecule has 0 atom stereocenters. The van der Waals surface area contributed by atoms with Crippen LogP contribution in [0.3, 0.4) is 0 Å². The van der Waals surface area contributed by atoms with Crippen molar-refractivity contribution in [3.05, 3.63) is 0 Å². The monoisotopic (exact) mass is 652 g/mol. The Balaban J connectivity index is 3.80. The fraction of sp³-hybridized carbons (Fsp3) is 0.976. The zero-order chi connectivity index (χ0) is 32.7. The molecule has 270 valence electrons. The predicted octanol–water partition coefficient (Wildman–Crippen LogP) is 13.3. The van der Waals surface area contributed by atoms with Crippen molar-refractivity contribution < 1.29 is 0 Å². The smallest absolute Gasteiger partial charge is 0.168 e. The molecule has 0 aliphatic heterocycles. The van der Waals surface area contributed by atoms with Crippen LogP contribution < -0.4 is 10.6 Å². The normalized spacial score (nSPS) is 11.4. The molecule has 0 saturated heterocycles. The summed E-state index contributed by atoms with van der Waals surface area (Å²) in [5.74, 6) is 0. The van der Waals surface area contributed by atoms with Crippen LogP contribution in [0, 0.1) is 0 Å². The predicted molar refractivity (Wildman–Crippen MR) is 210 cm³/mol. The highest BCUT2D eigenvalue weighted by Gasteiger charge is 2.09. The summed E-state index contributed by atoms with van der Waals surface area (Å²) in [5, 5.41) is 7.78. The van der Waals surface area contributed by atoms with E-state index in [1.165, 1.54) is 205 Å². The number of unbranched alkanes of at least 4 members (excludes halogenated alkanes) is 30. The van der Waals surface area contributed by atoms with E-state index in [0.29, 0.717) is 0 Å². The number of nitrogens with one attached hydrogen (secondary N) is 2. The highest BCUT2D eigenvalue weighted by molar-refractivity contribution is 7.80. The molecule has 0 aromatic heterocycles. The lowest BCUT2D eigenvalue weighted by atomic mass is 10.0. The molecule has 0 bridgehead atoms.